The summed E-state index contributed by atoms with van der Waals surface area (Å²) in [4.78, 5) is 20.3. The highest BCUT2D eigenvalue weighted by Gasteiger charge is 2.33. The Morgan fingerprint density at radius 2 is 2.29 bits per heavy atom. The lowest BCUT2D eigenvalue weighted by Crippen LogP contribution is -2.50. The highest BCUT2D eigenvalue weighted by Crippen LogP contribution is 2.22. The average molecular weight is 214 g/mol. The number of carboxylic acids is 1. The standard InChI is InChI=1S/C8H8ClN3O2/c9-6-1-10-2-7(11-6)12-3-5(4-12)8(13)14/h1-2,5H,3-4H2,(H,13,14). The first-order valence-electron chi connectivity index (χ1n) is 4.12. The van der Waals surface area contributed by atoms with Gasteiger partial charge in [-0.25, -0.2) is 4.98 Å². The third-order valence-electron chi connectivity index (χ3n) is 2.15. The minimum Gasteiger partial charge on any atom is -0.481 e. The molecule has 1 aliphatic rings. The van der Waals surface area contributed by atoms with Crippen molar-refractivity contribution in [3.05, 3.63) is 17.5 Å². The Labute approximate surface area is 85.3 Å². The summed E-state index contributed by atoms with van der Waals surface area (Å²) >= 11 is 5.65. The first-order valence-corrected chi connectivity index (χ1v) is 4.50. The van der Waals surface area contributed by atoms with Crippen LogP contribution in [-0.2, 0) is 4.79 Å². The molecule has 0 aromatic carbocycles. The van der Waals surface area contributed by atoms with Crippen molar-refractivity contribution in [1.29, 1.82) is 0 Å². The molecule has 0 amide bonds. The maximum atomic E-state index is 10.5. The Morgan fingerprint density at radius 1 is 1.57 bits per heavy atom. The molecule has 0 aliphatic carbocycles. The van der Waals surface area contributed by atoms with Crippen molar-refractivity contribution >= 4 is 23.4 Å². The molecule has 2 rings (SSSR count). The Morgan fingerprint density at radius 3 is 2.86 bits per heavy atom. The molecule has 1 aliphatic heterocycles. The van der Waals surface area contributed by atoms with Gasteiger partial charge in [-0.1, -0.05) is 11.6 Å². The van der Waals surface area contributed by atoms with Gasteiger partial charge >= 0.3 is 5.97 Å². The van der Waals surface area contributed by atoms with Gasteiger partial charge in [-0.2, -0.15) is 0 Å². The van der Waals surface area contributed by atoms with Crippen LogP contribution in [0.1, 0.15) is 0 Å². The first kappa shape index (κ1) is 9.21. The molecule has 1 aromatic heterocycles. The molecule has 0 unspecified atom stereocenters. The van der Waals surface area contributed by atoms with Crippen LogP contribution < -0.4 is 4.90 Å². The Kier molecular flexibility index (Phi) is 2.25. The van der Waals surface area contributed by atoms with Crippen LogP contribution >= 0.6 is 11.6 Å². The second-order valence-electron chi connectivity index (χ2n) is 3.14. The van der Waals surface area contributed by atoms with Crippen LogP contribution in [-0.4, -0.2) is 34.1 Å². The number of anilines is 1. The highest BCUT2D eigenvalue weighted by atomic mass is 35.5. The van der Waals surface area contributed by atoms with E-state index in [1.54, 1.807) is 6.20 Å². The molecule has 14 heavy (non-hydrogen) atoms. The van der Waals surface area contributed by atoms with Crippen molar-refractivity contribution in [3.63, 3.8) is 0 Å². The topological polar surface area (TPSA) is 66.3 Å². The number of aliphatic carboxylic acids is 1. The summed E-state index contributed by atoms with van der Waals surface area (Å²) in [5, 5.41) is 8.98. The third kappa shape index (κ3) is 1.63. The van der Waals surface area contributed by atoms with Gasteiger partial charge in [0.2, 0.25) is 0 Å². The van der Waals surface area contributed by atoms with Crippen LogP contribution in [0.3, 0.4) is 0 Å². The number of nitrogens with zero attached hydrogens (tertiary/aromatic N) is 3. The molecule has 0 spiro atoms. The molecule has 1 fully saturated rings. The lowest BCUT2D eigenvalue weighted by molar-refractivity contribution is -0.142. The molecule has 0 atom stereocenters. The van der Waals surface area contributed by atoms with Crippen LogP contribution in [0.4, 0.5) is 5.82 Å². The average Bonchev–Trinajstić information content (AvgIpc) is 2.00. The smallest absolute Gasteiger partial charge is 0.310 e. The molecule has 6 heteroatoms. The van der Waals surface area contributed by atoms with Gasteiger partial charge in [-0.3, -0.25) is 9.78 Å². The summed E-state index contributed by atoms with van der Waals surface area (Å²) in [7, 11) is 0. The number of carbonyl (C=O) groups is 1. The maximum Gasteiger partial charge on any atom is 0.310 e. The van der Waals surface area contributed by atoms with Crippen LogP contribution in [0, 0.1) is 5.92 Å². The molecule has 0 radical (unpaired) electrons. The second kappa shape index (κ2) is 3.42. The van der Waals surface area contributed by atoms with Crippen LogP contribution in [0.15, 0.2) is 12.4 Å². The van der Waals surface area contributed by atoms with E-state index in [1.165, 1.54) is 6.20 Å². The third-order valence-corrected chi connectivity index (χ3v) is 2.33. The Bertz CT molecular complexity index is 365. The zero-order valence-corrected chi connectivity index (χ0v) is 7.98. The van der Waals surface area contributed by atoms with E-state index in [9.17, 15) is 4.79 Å². The summed E-state index contributed by atoms with van der Waals surface area (Å²) in [6.07, 6.45) is 3.02. The van der Waals surface area contributed by atoms with Gasteiger partial charge in [0.25, 0.3) is 0 Å². The van der Waals surface area contributed by atoms with E-state index in [1.807, 2.05) is 4.90 Å². The van der Waals surface area contributed by atoms with Gasteiger partial charge < -0.3 is 10.0 Å². The largest absolute Gasteiger partial charge is 0.481 e. The zero-order valence-electron chi connectivity index (χ0n) is 7.22. The minimum absolute atomic E-state index is 0.296. The van der Waals surface area contributed by atoms with E-state index >= 15 is 0 Å². The van der Waals surface area contributed by atoms with Crippen molar-refractivity contribution in [1.82, 2.24) is 9.97 Å². The molecule has 1 saturated heterocycles. The predicted octanol–water partition coefficient (Wildman–Crippen LogP) is 0.651. The van der Waals surface area contributed by atoms with Gasteiger partial charge in [0.05, 0.1) is 18.3 Å². The second-order valence-corrected chi connectivity index (χ2v) is 3.53. The molecule has 1 aromatic rings. The van der Waals surface area contributed by atoms with Crippen LogP contribution in [0.25, 0.3) is 0 Å². The highest BCUT2D eigenvalue weighted by molar-refractivity contribution is 6.29. The zero-order chi connectivity index (χ0) is 10.1. The van der Waals surface area contributed by atoms with Gasteiger partial charge in [0, 0.05) is 13.1 Å². The number of carboxylic acid groups (broad SMARTS) is 1. The number of rotatable bonds is 2. The summed E-state index contributed by atoms with van der Waals surface area (Å²) in [6.45, 7) is 0.953. The number of aromatic nitrogens is 2. The molecule has 0 bridgehead atoms. The van der Waals surface area contributed by atoms with E-state index < -0.39 is 5.97 Å². The summed E-state index contributed by atoms with van der Waals surface area (Å²) in [5.41, 5.74) is 0. The molecule has 0 saturated carbocycles. The summed E-state index contributed by atoms with van der Waals surface area (Å²) < 4.78 is 0. The quantitative estimate of drug-likeness (QED) is 0.782. The first-order chi connectivity index (χ1) is 6.66. The lowest BCUT2D eigenvalue weighted by atomic mass is 10.0. The number of halogens is 1. The molecular formula is C8H8ClN3O2. The fourth-order valence-corrected chi connectivity index (χ4v) is 1.45. The fraction of sp³-hybridized carbons (Fsp3) is 0.375. The summed E-state index contributed by atoms with van der Waals surface area (Å²) in [5.74, 6) is -0.429. The van der Waals surface area contributed by atoms with E-state index in [0.29, 0.717) is 24.1 Å². The van der Waals surface area contributed by atoms with Crippen molar-refractivity contribution in [2.45, 2.75) is 0 Å². The van der Waals surface area contributed by atoms with Gasteiger partial charge in [-0.05, 0) is 0 Å². The monoisotopic (exact) mass is 213 g/mol. The number of hydrogen-bond donors (Lipinski definition) is 1. The van der Waals surface area contributed by atoms with E-state index in [-0.39, 0.29) is 5.92 Å². The SMILES string of the molecule is O=C(O)C1CN(c2cncc(Cl)n2)C1. The van der Waals surface area contributed by atoms with Gasteiger partial charge in [0.15, 0.2) is 0 Å². The fourth-order valence-electron chi connectivity index (χ4n) is 1.31. The molecule has 74 valence electrons. The van der Waals surface area contributed by atoms with Gasteiger partial charge in [0.1, 0.15) is 11.0 Å². The molecule has 5 nitrogen and oxygen atoms in total. The van der Waals surface area contributed by atoms with E-state index in [4.69, 9.17) is 16.7 Å². The van der Waals surface area contributed by atoms with E-state index in [0.717, 1.165) is 0 Å². The van der Waals surface area contributed by atoms with Crippen molar-refractivity contribution in [2.75, 3.05) is 18.0 Å². The van der Waals surface area contributed by atoms with E-state index in [2.05, 4.69) is 9.97 Å². The summed E-state index contributed by atoms with van der Waals surface area (Å²) in [6, 6.07) is 0. The Balaban J connectivity index is 2.03. The number of hydrogen-bond acceptors (Lipinski definition) is 4. The molecule has 1 N–H and O–H groups in total. The molecular weight excluding hydrogens is 206 g/mol. The van der Waals surface area contributed by atoms with Crippen LogP contribution in [0.5, 0.6) is 0 Å². The lowest BCUT2D eigenvalue weighted by Gasteiger charge is -2.37. The normalized spacial score (nSPS) is 16.5. The Hall–Kier alpha value is -1.36. The predicted molar refractivity (Wildman–Crippen MR) is 50.4 cm³/mol. The molecule has 2 heterocycles. The minimum atomic E-state index is -0.767. The van der Waals surface area contributed by atoms with Crippen molar-refractivity contribution in [2.24, 2.45) is 5.92 Å². The van der Waals surface area contributed by atoms with Gasteiger partial charge in [-0.15, -0.1) is 0 Å². The van der Waals surface area contributed by atoms with Crippen LogP contribution in [0.2, 0.25) is 5.15 Å². The van der Waals surface area contributed by atoms with Crippen molar-refractivity contribution in [3.8, 4) is 0 Å². The maximum absolute atomic E-state index is 10.5. The van der Waals surface area contributed by atoms with Crippen molar-refractivity contribution < 1.29 is 9.90 Å².